The van der Waals surface area contributed by atoms with Crippen LogP contribution in [0.5, 0.6) is 0 Å². The van der Waals surface area contributed by atoms with Crippen LogP contribution in [0.2, 0.25) is 0 Å². The zero-order chi connectivity index (χ0) is 14.9. The van der Waals surface area contributed by atoms with Crippen LogP contribution in [0.1, 0.15) is 51.5 Å². The summed E-state index contributed by atoms with van der Waals surface area (Å²) in [5.41, 5.74) is 3.29. The molecule has 116 valence electrons. The van der Waals surface area contributed by atoms with E-state index in [4.69, 9.17) is 0 Å². The van der Waals surface area contributed by atoms with Gasteiger partial charge in [-0.2, -0.15) is 0 Å². The lowest BCUT2D eigenvalue weighted by Gasteiger charge is -2.27. The summed E-state index contributed by atoms with van der Waals surface area (Å²) in [5.74, 6) is 0. The van der Waals surface area contributed by atoms with E-state index >= 15 is 0 Å². The molecule has 3 heteroatoms. The minimum atomic E-state index is 0.540. The molecule has 0 unspecified atom stereocenters. The second kappa shape index (κ2) is 6.29. The second-order valence-corrected chi connectivity index (χ2v) is 7.66. The van der Waals surface area contributed by atoms with E-state index < -0.39 is 0 Å². The minimum Gasteiger partial charge on any atom is -0.371 e. The molecule has 1 aromatic carbocycles. The first-order chi connectivity index (χ1) is 10.2. The van der Waals surface area contributed by atoms with Crippen LogP contribution in [0.4, 0.5) is 5.69 Å². The maximum atomic E-state index is 3.76. The smallest absolute Gasteiger partial charge is 0.0377 e. The van der Waals surface area contributed by atoms with E-state index in [1.807, 2.05) is 0 Å². The van der Waals surface area contributed by atoms with E-state index in [9.17, 15) is 0 Å². The van der Waals surface area contributed by atoms with Crippen molar-refractivity contribution in [2.75, 3.05) is 18.0 Å². The summed E-state index contributed by atoms with van der Waals surface area (Å²) >= 11 is 3.76. The zero-order valence-electron chi connectivity index (χ0n) is 13.3. The molecule has 3 rings (SSSR count). The minimum absolute atomic E-state index is 0.540. The van der Waals surface area contributed by atoms with Gasteiger partial charge in [-0.05, 0) is 55.2 Å². The van der Waals surface area contributed by atoms with Gasteiger partial charge in [-0.3, -0.25) is 0 Å². The van der Waals surface area contributed by atoms with Crippen LogP contribution in [0.25, 0.3) is 0 Å². The highest BCUT2D eigenvalue weighted by Gasteiger charge is 2.35. The molecule has 1 aliphatic heterocycles. The number of hydrogen-bond donors (Lipinski definition) is 1. The third-order valence-corrected chi connectivity index (χ3v) is 6.24. The zero-order valence-corrected chi connectivity index (χ0v) is 14.9. The average Bonchev–Trinajstić information content (AvgIpc) is 3.23. The molecule has 0 spiro atoms. The average molecular weight is 351 g/mol. The van der Waals surface area contributed by atoms with Gasteiger partial charge in [0.05, 0.1) is 0 Å². The Kier molecular flexibility index (Phi) is 4.60. The highest BCUT2D eigenvalue weighted by molar-refractivity contribution is 9.10. The van der Waals surface area contributed by atoms with Crippen molar-refractivity contribution in [3.05, 3.63) is 28.2 Å². The number of hydrogen-bond acceptors (Lipinski definition) is 2. The standard InChI is InChI=1S/C18H27BrN2/c1-3-18(4-2)9-10-21(13-18)16-8-5-14(17(19)11-16)12-20-15-6-7-15/h5,8,11,15,20H,3-4,6-7,9-10,12-13H2,1-2H3. The molecule has 21 heavy (non-hydrogen) atoms. The summed E-state index contributed by atoms with van der Waals surface area (Å²) in [6.45, 7) is 8.09. The number of anilines is 1. The van der Waals surface area contributed by atoms with Gasteiger partial charge in [0.15, 0.2) is 0 Å². The van der Waals surface area contributed by atoms with Crippen molar-refractivity contribution in [3.8, 4) is 0 Å². The van der Waals surface area contributed by atoms with Gasteiger partial charge in [-0.15, -0.1) is 0 Å². The van der Waals surface area contributed by atoms with Crippen LogP contribution in [0, 0.1) is 5.41 Å². The Hall–Kier alpha value is -0.540. The molecule has 1 saturated heterocycles. The summed E-state index contributed by atoms with van der Waals surface area (Å²) in [5, 5.41) is 3.59. The van der Waals surface area contributed by atoms with Crippen molar-refractivity contribution >= 4 is 21.6 Å². The van der Waals surface area contributed by atoms with Gasteiger partial charge >= 0.3 is 0 Å². The van der Waals surface area contributed by atoms with Crippen LogP contribution in [-0.2, 0) is 6.54 Å². The van der Waals surface area contributed by atoms with Gasteiger partial charge in [-0.1, -0.05) is 35.8 Å². The summed E-state index contributed by atoms with van der Waals surface area (Å²) < 4.78 is 1.25. The summed E-state index contributed by atoms with van der Waals surface area (Å²) in [7, 11) is 0. The fraction of sp³-hybridized carbons (Fsp3) is 0.667. The molecule has 1 aliphatic carbocycles. The van der Waals surface area contributed by atoms with Gasteiger partial charge in [0.2, 0.25) is 0 Å². The molecular weight excluding hydrogens is 324 g/mol. The first-order valence-corrected chi connectivity index (χ1v) is 9.22. The van der Waals surface area contributed by atoms with E-state index in [0.717, 1.165) is 12.6 Å². The first-order valence-electron chi connectivity index (χ1n) is 8.42. The molecule has 1 heterocycles. The highest BCUT2D eigenvalue weighted by Crippen LogP contribution is 2.39. The molecule has 0 aromatic heterocycles. The van der Waals surface area contributed by atoms with Gasteiger partial charge in [0.25, 0.3) is 0 Å². The Morgan fingerprint density at radius 2 is 2.05 bits per heavy atom. The Balaban J connectivity index is 1.67. The third kappa shape index (κ3) is 3.45. The van der Waals surface area contributed by atoms with Crippen LogP contribution >= 0.6 is 15.9 Å². The fourth-order valence-corrected chi connectivity index (χ4v) is 3.91. The number of nitrogens with one attached hydrogen (secondary N) is 1. The topological polar surface area (TPSA) is 15.3 Å². The van der Waals surface area contributed by atoms with E-state index in [-0.39, 0.29) is 0 Å². The summed E-state index contributed by atoms with van der Waals surface area (Å²) in [6, 6.07) is 7.67. The van der Waals surface area contributed by atoms with Crippen molar-refractivity contribution in [2.45, 2.75) is 58.5 Å². The lowest BCUT2D eigenvalue weighted by Crippen LogP contribution is -2.26. The quantitative estimate of drug-likeness (QED) is 0.798. The molecule has 0 atom stereocenters. The predicted molar refractivity (Wildman–Crippen MR) is 93.8 cm³/mol. The summed E-state index contributed by atoms with van der Waals surface area (Å²) in [4.78, 5) is 2.57. The Morgan fingerprint density at radius 1 is 1.29 bits per heavy atom. The van der Waals surface area contributed by atoms with Gasteiger partial charge in [0.1, 0.15) is 0 Å². The van der Waals surface area contributed by atoms with E-state index in [1.165, 1.54) is 60.9 Å². The van der Waals surface area contributed by atoms with Gasteiger partial charge < -0.3 is 10.2 Å². The maximum Gasteiger partial charge on any atom is 0.0377 e. The molecule has 0 radical (unpaired) electrons. The number of halogens is 1. The normalized spacial score (nSPS) is 21.0. The molecule has 2 nitrogen and oxygen atoms in total. The fourth-order valence-electron chi connectivity index (χ4n) is 3.40. The molecule has 1 N–H and O–H groups in total. The molecular formula is C18H27BrN2. The molecule has 2 aliphatic rings. The number of nitrogens with zero attached hydrogens (tertiary/aromatic N) is 1. The van der Waals surface area contributed by atoms with Crippen molar-refractivity contribution in [1.29, 1.82) is 0 Å². The molecule has 1 saturated carbocycles. The van der Waals surface area contributed by atoms with Crippen LogP contribution in [0.3, 0.4) is 0 Å². The predicted octanol–water partition coefficient (Wildman–Crippen LogP) is 4.72. The monoisotopic (exact) mass is 350 g/mol. The van der Waals surface area contributed by atoms with Gasteiger partial charge in [-0.25, -0.2) is 0 Å². The van der Waals surface area contributed by atoms with Crippen LogP contribution in [0.15, 0.2) is 22.7 Å². The SMILES string of the molecule is CCC1(CC)CCN(c2ccc(CNC3CC3)c(Br)c2)C1. The molecule has 0 bridgehead atoms. The maximum absolute atomic E-state index is 3.76. The van der Waals surface area contributed by atoms with Gasteiger partial charge in [0, 0.05) is 35.8 Å². The Bertz CT molecular complexity index is 492. The highest BCUT2D eigenvalue weighted by atomic mass is 79.9. The van der Waals surface area contributed by atoms with E-state index in [1.54, 1.807) is 0 Å². The number of benzene rings is 1. The van der Waals surface area contributed by atoms with Crippen molar-refractivity contribution in [2.24, 2.45) is 5.41 Å². The lowest BCUT2D eigenvalue weighted by atomic mass is 9.82. The van der Waals surface area contributed by atoms with Crippen molar-refractivity contribution in [3.63, 3.8) is 0 Å². The van der Waals surface area contributed by atoms with Crippen LogP contribution in [-0.4, -0.2) is 19.1 Å². The van der Waals surface area contributed by atoms with E-state index in [0.29, 0.717) is 5.41 Å². The van der Waals surface area contributed by atoms with Crippen LogP contribution < -0.4 is 10.2 Å². The molecule has 0 amide bonds. The lowest BCUT2D eigenvalue weighted by molar-refractivity contribution is 0.301. The molecule has 2 fully saturated rings. The van der Waals surface area contributed by atoms with E-state index in [2.05, 4.69) is 58.2 Å². The van der Waals surface area contributed by atoms with Crippen molar-refractivity contribution < 1.29 is 0 Å². The third-order valence-electron chi connectivity index (χ3n) is 5.50. The Morgan fingerprint density at radius 3 is 2.62 bits per heavy atom. The summed E-state index contributed by atoms with van der Waals surface area (Å²) in [6.07, 6.45) is 6.62. The number of rotatable bonds is 6. The first kappa shape index (κ1) is 15.4. The second-order valence-electron chi connectivity index (χ2n) is 6.81. The van der Waals surface area contributed by atoms with Crippen molar-refractivity contribution in [1.82, 2.24) is 5.32 Å². The Labute approximate surface area is 137 Å². The molecule has 1 aromatic rings. The largest absolute Gasteiger partial charge is 0.371 e.